The normalized spacial score (nSPS) is 17.4. The lowest BCUT2D eigenvalue weighted by molar-refractivity contribution is 0.0374. The second-order valence-corrected chi connectivity index (χ2v) is 1.73. The molecule has 0 rings (SSSR count). The molecule has 1 nitrogen and oxygen atoms in total. The highest BCUT2D eigenvalue weighted by Gasteiger charge is 2.13. The van der Waals surface area contributed by atoms with Gasteiger partial charge in [-0.25, -0.2) is 5.11 Å². The van der Waals surface area contributed by atoms with Crippen LogP contribution in [0.4, 0.5) is 0 Å². The standard InChI is InChI=1S/C6H9O/c1-4-6(3,7)5-2/h1H,5H2,2-3H3. The van der Waals surface area contributed by atoms with Crippen LogP contribution in [0.5, 0.6) is 0 Å². The topological polar surface area (TPSA) is 19.9 Å². The molecule has 0 saturated heterocycles. The highest BCUT2D eigenvalue weighted by molar-refractivity contribution is 5.02. The SMILES string of the molecule is C#CC(C)([O])CC. The highest BCUT2D eigenvalue weighted by atomic mass is 16.3. The predicted molar refractivity (Wildman–Crippen MR) is 28.2 cm³/mol. The van der Waals surface area contributed by atoms with Crippen molar-refractivity contribution in [2.75, 3.05) is 0 Å². The van der Waals surface area contributed by atoms with Crippen LogP contribution in [-0.2, 0) is 5.11 Å². The van der Waals surface area contributed by atoms with Crippen molar-refractivity contribution in [3.63, 3.8) is 0 Å². The van der Waals surface area contributed by atoms with Crippen LogP contribution < -0.4 is 0 Å². The van der Waals surface area contributed by atoms with Crippen molar-refractivity contribution in [2.24, 2.45) is 0 Å². The fraction of sp³-hybridized carbons (Fsp3) is 0.667. The van der Waals surface area contributed by atoms with Crippen LogP contribution in [-0.4, -0.2) is 5.60 Å². The van der Waals surface area contributed by atoms with Crippen LogP contribution in [0, 0.1) is 12.3 Å². The van der Waals surface area contributed by atoms with Crippen molar-refractivity contribution in [2.45, 2.75) is 25.9 Å². The van der Waals surface area contributed by atoms with Gasteiger partial charge in [-0.15, -0.1) is 6.42 Å². The van der Waals surface area contributed by atoms with Crippen LogP contribution in [0.1, 0.15) is 20.3 Å². The number of hydrogen-bond acceptors (Lipinski definition) is 0. The Labute approximate surface area is 44.4 Å². The highest BCUT2D eigenvalue weighted by Crippen LogP contribution is 2.05. The van der Waals surface area contributed by atoms with Gasteiger partial charge in [0.05, 0.1) is 0 Å². The summed E-state index contributed by atoms with van der Waals surface area (Å²) in [5, 5.41) is 10.6. The molecule has 0 aliphatic heterocycles. The van der Waals surface area contributed by atoms with E-state index in [9.17, 15) is 5.11 Å². The van der Waals surface area contributed by atoms with E-state index in [4.69, 9.17) is 6.42 Å². The summed E-state index contributed by atoms with van der Waals surface area (Å²) in [6.45, 7) is 3.29. The molecule has 1 unspecified atom stereocenters. The number of terminal acetylenes is 1. The van der Waals surface area contributed by atoms with Gasteiger partial charge in [0.2, 0.25) is 0 Å². The number of hydrogen-bond donors (Lipinski definition) is 0. The summed E-state index contributed by atoms with van der Waals surface area (Å²) >= 11 is 0. The fourth-order valence-corrected chi connectivity index (χ4v) is 0.102. The molecular weight excluding hydrogens is 88.1 g/mol. The summed E-state index contributed by atoms with van der Waals surface area (Å²) in [6, 6.07) is 0. The molecule has 0 aromatic heterocycles. The predicted octanol–water partition coefficient (Wildman–Crippen LogP) is 1.22. The second-order valence-electron chi connectivity index (χ2n) is 1.73. The third-order valence-corrected chi connectivity index (χ3v) is 0.980. The molecule has 1 radical (unpaired) electrons. The maximum atomic E-state index is 10.6. The minimum atomic E-state index is -1.14. The molecule has 0 saturated carbocycles. The van der Waals surface area contributed by atoms with Crippen molar-refractivity contribution in [1.82, 2.24) is 0 Å². The Kier molecular flexibility index (Phi) is 1.86. The molecule has 0 aromatic carbocycles. The Morgan fingerprint density at radius 2 is 2.29 bits per heavy atom. The van der Waals surface area contributed by atoms with E-state index in [0.717, 1.165) is 0 Å². The molecule has 0 fully saturated rings. The van der Waals surface area contributed by atoms with Crippen molar-refractivity contribution in [3.05, 3.63) is 0 Å². The summed E-state index contributed by atoms with van der Waals surface area (Å²) in [5.74, 6) is 2.14. The molecular formula is C6H9O. The zero-order valence-corrected chi connectivity index (χ0v) is 4.69. The second kappa shape index (κ2) is 1.99. The van der Waals surface area contributed by atoms with Crippen LogP contribution in [0.15, 0.2) is 0 Å². The number of rotatable bonds is 1. The van der Waals surface area contributed by atoms with E-state index < -0.39 is 5.60 Å². The molecule has 1 atom stereocenters. The zero-order valence-electron chi connectivity index (χ0n) is 4.69. The lowest BCUT2D eigenvalue weighted by Gasteiger charge is -2.06. The van der Waals surface area contributed by atoms with Gasteiger partial charge in [-0.05, 0) is 13.3 Å². The third kappa shape index (κ3) is 2.24. The first-order valence-electron chi connectivity index (χ1n) is 2.30. The van der Waals surface area contributed by atoms with E-state index in [2.05, 4.69) is 5.92 Å². The Bertz CT molecular complexity index is 86.8. The van der Waals surface area contributed by atoms with Crippen molar-refractivity contribution >= 4 is 0 Å². The maximum Gasteiger partial charge on any atom is 0.160 e. The van der Waals surface area contributed by atoms with Crippen molar-refractivity contribution in [1.29, 1.82) is 0 Å². The first-order valence-corrected chi connectivity index (χ1v) is 2.30. The zero-order chi connectivity index (χ0) is 5.91. The van der Waals surface area contributed by atoms with Gasteiger partial charge in [0.15, 0.2) is 5.60 Å². The third-order valence-electron chi connectivity index (χ3n) is 0.980. The summed E-state index contributed by atoms with van der Waals surface area (Å²) < 4.78 is 0. The Morgan fingerprint density at radius 3 is 2.29 bits per heavy atom. The Hall–Kier alpha value is -0.480. The summed E-state index contributed by atoms with van der Waals surface area (Å²) in [6.07, 6.45) is 5.36. The lowest BCUT2D eigenvalue weighted by atomic mass is 10.1. The summed E-state index contributed by atoms with van der Waals surface area (Å²) in [7, 11) is 0. The molecule has 0 aliphatic rings. The molecule has 0 spiro atoms. The minimum absolute atomic E-state index is 0.503. The van der Waals surface area contributed by atoms with Crippen LogP contribution in [0.25, 0.3) is 0 Å². The molecule has 0 aromatic rings. The van der Waals surface area contributed by atoms with E-state index >= 15 is 0 Å². The van der Waals surface area contributed by atoms with E-state index in [1.54, 1.807) is 6.92 Å². The van der Waals surface area contributed by atoms with E-state index in [1.165, 1.54) is 6.92 Å². The van der Waals surface area contributed by atoms with Gasteiger partial charge in [0, 0.05) is 0 Å². The largest absolute Gasteiger partial charge is 0.216 e. The summed E-state index contributed by atoms with van der Waals surface area (Å²) in [5.41, 5.74) is -1.14. The minimum Gasteiger partial charge on any atom is -0.216 e. The average molecular weight is 97.1 g/mol. The Morgan fingerprint density at radius 1 is 1.86 bits per heavy atom. The first kappa shape index (κ1) is 6.52. The monoisotopic (exact) mass is 97.1 g/mol. The van der Waals surface area contributed by atoms with Gasteiger partial charge in [-0.2, -0.15) is 0 Å². The van der Waals surface area contributed by atoms with Gasteiger partial charge in [-0.3, -0.25) is 0 Å². The van der Waals surface area contributed by atoms with Gasteiger partial charge in [0.1, 0.15) is 0 Å². The molecule has 0 amide bonds. The molecule has 0 aliphatic carbocycles. The van der Waals surface area contributed by atoms with E-state index in [0.29, 0.717) is 6.42 Å². The Balaban J connectivity index is 3.66. The smallest absolute Gasteiger partial charge is 0.160 e. The van der Waals surface area contributed by atoms with Crippen LogP contribution >= 0.6 is 0 Å². The first-order chi connectivity index (χ1) is 3.12. The van der Waals surface area contributed by atoms with Crippen LogP contribution in [0.3, 0.4) is 0 Å². The van der Waals surface area contributed by atoms with Gasteiger partial charge in [0.25, 0.3) is 0 Å². The molecule has 0 bridgehead atoms. The summed E-state index contributed by atoms with van der Waals surface area (Å²) in [4.78, 5) is 0. The lowest BCUT2D eigenvalue weighted by Crippen LogP contribution is -2.16. The average Bonchev–Trinajstić information content (AvgIpc) is 1.68. The molecule has 39 valence electrons. The van der Waals surface area contributed by atoms with Crippen molar-refractivity contribution in [3.8, 4) is 12.3 Å². The molecule has 0 heterocycles. The van der Waals surface area contributed by atoms with Gasteiger partial charge < -0.3 is 0 Å². The van der Waals surface area contributed by atoms with Crippen molar-refractivity contribution < 1.29 is 5.11 Å². The van der Waals surface area contributed by atoms with E-state index in [-0.39, 0.29) is 0 Å². The fourth-order valence-electron chi connectivity index (χ4n) is 0.102. The molecule has 7 heavy (non-hydrogen) atoms. The van der Waals surface area contributed by atoms with Gasteiger partial charge in [-0.1, -0.05) is 12.8 Å². The molecule has 0 N–H and O–H groups in total. The quantitative estimate of drug-likeness (QED) is 0.438. The van der Waals surface area contributed by atoms with Gasteiger partial charge >= 0.3 is 0 Å². The molecule has 1 heteroatoms. The maximum absolute atomic E-state index is 10.6. The van der Waals surface area contributed by atoms with Crippen LogP contribution in [0.2, 0.25) is 0 Å². The van der Waals surface area contributed by atoms with E-state index in [1.807, 2.05) is 0 Å².